The quantitative estimate of drug-likeness (QED) is 0.907. The van der Waals surface area contributed by atoms with E-state index < -0.39 is 17.7 Å². The van der Waals surface area contributed by atoms with E-state index in [0.717, 1.165) is 17.7 Å². The molecular formula is C14H13F2NO. The molecular weight excluding hydrogens is 236 g/mol. The summed E-state index contributed by atoms with van der Waals surface area (Å²) in [4.78, 5) is 4.16. The minimum absolute atomic E-state index is 0.269. The Kier molecular flexibility index (Phi) is 3.67. The first kappa shape index (κ1) is 12.6. The third-order valence-electron chi connectivity index (χ3n) is 2.70. The zero-order chi connectivity index (χ0) is 13.1. The van der Waals surface area contributed by atoms with Gasteiger partial charge in [-0.25, -0.2) is 8.78 Å². The first-order chi connectivity index (χ1) is 8.56. The number of nitrogens with zero attached hydrogens (tertiary/aromatic N) is 1. The van der Waals surface area contributed by atoms with Crippen molar-refractivity contribution in [2.24, 2.45) is 0 Å². The molecule has 0 fully saturated rings. The molecule has 1 N–H and O–H groups in total. The van der Waals surface area contributed by atoms with E-state index in [1.165, 1.54) is 6.07 Å². The summed E-state index contributed by atoms with van der Waals surface area (Å²) < 4.78 is 25.8. The molecule has 1 atom stereocenters. The number of rotatable bonds is 3. The van der Waals surface area contributed by atoms with Crippen molar-refractivity contribution in [2.45, 2.75) is 19.4 Å². The summed E-state index contributed by atoms with van der Waals surface area (Å²) in [5.74, 6) is -1.87. The van der Waals surface area contributed by atoms with E-state index in [4.69, 9.17) is 0 Å². The predicted octanol–water partition coefficient (Wildman–Crippen LogP) is 2.94. The molecule has 18 heavy (non-hydrogen) atoms. The van der Waals surface area contributed by atoms with E-state index in [-0.39, 0.29) is 6.42 Å². The molecule has 2 nitrogen and oxygen atoms in total. The minimum Gasteiger partial charge on any atom is -0.388 e. The van der Waals surface area contributed by atoms with Crippen LogP contribution in [0, 0.1) is 18.6 Å². The number of pyridine rings is 1. The fourth-order valence-electron chi connectivity index (χ4n) is 1.65. The Morgan fingerprint density at radius 1 is 1.17 bits per heavy atom. The van der Waals surface area contributed by atoms with Crippen molar-refractivity contribution < 1.29 is 13.9 Å². The number of aliphatic hydroxyl groups excluding tert-OH is 1. The highest BCUT2D eigenvalue weighted by atomic mass is 19.2. The highest BCUT2D eigenvalue weighted by Gasteiger charge is 2.12. The molecule has 2 aromatic rings. The number of aryl methyl sites for hydroxylation is 1. The molecule has 1 unspecified atom stereocenters. The van der Waals surface area contributed by atoms with Gasteiger partial charge in [0.2, 0.25) is 0 Å². The predicted molar refractivity (Wildman–Crippen MR) is 64.0 cm³/mol. The maximum atomic E-state index is 13.0. The van der Waals surface area contributed by atoms with Crippen molar-refractivity contribution in [3.8, 4) is 0 Å². The normalized spacial score (nSPS) is 12.4. The van der Waals surface area contributed by atoms with Crippen LogP contribution in [0.1, 0.15) is 22.9 Å². The number of halogens is 2. The lowest BCUT2D eigenvalue weighted by atomic mass is 10.0. The van der Waals surface area contributed by atoms with E-state index >= 15 is 0 Å². The van der Waals surface area contributed by atoms with Gasteiger partial charge < -0.3 is 5.11 Å². The van der Waals surface area contributed by atoms with Crippen molar-refractivity contribution in [2.75, 3.05) is 0 Å². The lowest BCUT2D eigenvalue weighted by Crippen LogP contribution is -2.04. The largest absolute Gasteiger partial charge is 0.388 e. The first-order valence-electron chi connectivity index (χ1n) is 5.61. The van der Waals surface area contributed by atoms with Gasteiger partial charge >= 0.3 is 0 Å². The summed E-state index contributed by atoms with van der Waals surface area (Å²) in [6, 6.07) is 7.08. The number of hydrogen-bond donors (Lipinski definition) is 1. The van der Waals surface area contributed by atoms with E-state index in [1.54, 1.807) is 12.3 Å². The SMILES string of the molecule is Cc1ccc(CC(O)c2ccc(F)c(F)c2)nc1. The van der Waals surface area contributed by atoms with Gasteiger partial charge in [-0.2, -0.15) is 0 Å². The molecule has 0 amide bonds. The average molecular weight is 249 g/mol. The Bertz CT molecular complexity index is 540. The summed E-state index contributed by atoms with van der Waals surface area (Å²) in [7, 11) is 0. The molecule has 1 heterocycles. The number of hydrogen-bond acceptors (Lipinski definition) is 2. The Balaban J connectivity index is 2.13. The summed E-state index contributed by atoms with van der Waals surface area (Å²) in [6.07, 6.45) is 1.08. The Morgan fingerprint density at radius 2 is 1.94 bits per heavy atom. The lowest BCUT2D eigenvalue weighted by Gasteiger charge is -2.11. The van der Waals surface area contributed by atoms with Gasteiger partial charge in [0.05, 0.1) is 6.10 Å². The van der Waals surface area contributed by atoms with E-state index in [2.05, 4.69) is 4.98 Å². The van der Waals surface area contributed by atoms with Crippen LogP contribution in [0.3, 0.4) is 0 Å². The van der Waals surface area contributed by atoms with Crippen LogP contribution in [0.25, 0.3) is 0 Å². The van der Waals surface area contributed by atoms with Gasteiger partial charge in [0, 0.05) is 18.3 Å². The van der Waals surface area contributed by atoms with E-state index in [9.17, 15) is 13.9 Å². The van der Waals surface area contributed by atoms with Crippen LogP contribution in [-0.4, -0.2) is 10.1 Å². The first-order valence-corrected chi connectivity index (χ1v) is 5.61. The minimum atomic E-state index is -0.955. The Labute approximate surface area is 104 Å². The van der Waals surface area contributed by atoms with Gasteiger partial charge in [-0.15, -0.1) is 0 Å². The molecule has 4 heteroatoms. The molecule has 1 aromatic carbocycles. The number of benzene rings is 1. The molecule has 0 aliphatic rings. The van der Waals surface area contributed by atoms with Crippen molar-refractivity contribution in [1.82, 2.24) is 4.98 Å². The smallest absolute Gasteiger partial charge is 0.159 e. The monoisotopic (exact) mass is 249 g/mol. The molecule has 2 rings (SSSR count). The van der Waals surface area contributed by atoms with Gasteiger partial charge in [0.1, 0.15) is 0 Å². The van der Waals surface area contributed by atoms with Crippen molar-refractivity contribution in [1.29, 1.82) is 0 Å². The summed E-state index contributed by atoms with van der Waals surface area (Å²) >= 11 is 0. The molecule has 0 aliphatic heterocycles. The number of aromatic nitrogens is 1. The summed E-state index contributed by atoms with van der Waals surface area (Å²) in [5, 5.41) is 9.93. The fraction of sp³-hybridized carbons (Fsp3) is 0.214. The van der Waals surface area contributed by atoms with Crippen LogP contribution < -0.4 is 0 Å². The third-order valence-corrected chi connectivity index (χ3v) is 2.70. The maximum Gasteiger partial charge on any atom is 0.159 e. The van der Waals surface area contributed by atoms with Gasteiger partial charge in [-0.1, -0.05) is 12.1 Å². The van der Waals surface area contributed by atoms with Gasteiger partial charge in [-0.05, 0) is 36.2 Å². The van der Waals surface area contributed by atoms with Crippen LogP contribution >= 0.6 is 0 Å². The van der Waals surface area contributed by atoms with E-state index in [1.807, 2.05) is 13.0 Å². The Hall–Kier alpha value is -1.81. The van der Waals surface area contributed by atoms with Crippen LogP contribution in [0.5, 0.6) is 0 Å². The van der Waals surface area contributed by atoms with Crippen LogP contribution in [0.4, 0.5) is 8.78 Å². The third kappa shape index (κ3) is 2.90. The summed E-state index contributed by atoms with van der Waals surface area (Å²) in [6.45, 7) is 1.92. The molecule has 94 valence electrons. The molecule has 1 aromatic heterocycles. The van der Waals surface area contributed by atoms with Gasteiger partial charge in [-0.3, -0.25) is 4.98 Å². The highest BCUT2D eigenvalue weighted by molar-refractivity contribution is 5.22. The fourth-order valence-corrected chi connectivity index (χ4v) is 1.65. The maximum absolute atomic E-state index is 13.0. The zero-order valence-corrected chi connectivity index (χ0v) is 9.90. The average Bonchev–Trinajstić information content (AvgIpc) is 2.35. The lowest BCUT2D eigenvalue weighted by molar-refractivity contribution is 0.176. The topological polar surface area (TPSA) is 33.1 Å². The second kappa shape index (κ2) is 5.23. The molecule has 0 saturated carbocycles. The van der Waals surface area contributed by atoms with Crippen LogP contribution in [-0.2, 0) is 6.42 Å². The van der Waals surface area contributed by atoms with Gasteiger partial charge in [0.15, 0.2) is 11.6 Å². The zero-order valence-electron chi connectivity index (χ0n) is 9.90. The molecule has 0 radical (unpaired) electrons. The summed E-state index contributed by atoms with van der Waals surface area (Å²) in [5.41, 5.74) is 2.08. The molecule has 0 spiro atoms. The molecule has 0 saturated heterocycles. The van der Waals surface area contributed by atoms with Crippen LogP contribution in [0.2, 0.25) is 0 Å². The highest BCUT2D eigenvalue weighted by Crippen LogP contribution is 2.19. The van der Waals surface area contributed by atoms with Crippen molar-refractivity contribution >= 4 is 0 Å². The standard InChI is InChI=1S/C14H13F2NO/c1-9-2-4-11(17-8-9)7-14(18)10-3-5-12(15)13(16)6-10/h2-6,8,14,18H,7H2,1H3. The van der Waals surface area contributed by atoms with Gasteiger partial charge in [0.25, 0.3) is 0 Å². The van der Waals surface area contributed by atoms with Crippen LogP contribution in [0.15, 0.2) is 36.5 Å². The second-order valence-electron chi connectivity index (χ2n) is 4.22. The molecule has 0 aliphatic carbocycles. The van der Waals surface area contributed by atoms with Crippen molar-refractivity contribution in [3.05, 3.63) is 65.0 Å². The number of aliphatic hydroxyl groups is 1. The second-order valence-corrected chi connectivity index (χ2v) is 4.22. The van der Waals surface area contributed by atoms with Crippen molar-refractivity contribution in [3.63, 3.8) is 0 Å². The van der Waals surface area contributed by atoms with E-state index in [0.29, 0.717) is 11.3 Å². The molecule has 0 bridgehead atoms. The Morgan fingerprint density at radius 3 is 2.56 bits per heavy atom.